The summed E-state index contributed by atoms with van der Waals surface area (Å²) < 4.78 is 13.4. The number of carbonyl (C=O) groups excluding carboxylic acids is 2. The van der Waals surface area contributed by atoms with Crippen LogP contribution in [0.1, 0.15) is 66.9 Å². The molecule has 158 valence electrons. The van der Waals surface area contributed by atoms with Crippen molar-refractivity contribution in [3.63, 3.8) is 0 Å². The van der Waals surface area contributed by atoms with Gasteiger partial charge < -0.3 is 10.2 Å². The van der Waals surface area contributed by atoms with Crippen molar-refractivity contribution in [2.24, 2.45) is 0 Å². The van der Waals surface area contributed by atoms with Crippen LogP contribution in [0.4, 0.5) is 4.39 Å². The van der Waals surface area contributed by atoms with Crippen molar-refractivity contribution >= 4 is 11.8 Å². The van der Waals surface area contributed by atoms with Gasteiger partial charge in [0, 0.05) is 24.6 Å². The first-order valence-corrected chi connectivity index (χ1v) is 10.9. The molecule has 1 atom stereocenters. The zero-order valence-electron chi connectivity index (χ0n) is 17.5. The van der Waals surface area contributed by atoms with Gasteiger partial charge in [-0.05, 0) is 49.1 Å². The number of carbonyl (C=O) groups is 2. The van der Waals surface area contributed by atoms with Gasteiger partial charge in [0.1, 0.15) is 11.4 Å². The van der Waals surface area contributed by atoms with Gasteiger partial charge in [-0.15, -0.1) is 0 Å². The molecule has 1 heterocycles. The largest absolute Gasteiger partial charge is 0.351 e. The minimum absolute atomic E-state index is 0.0978. The number of hydrogen-bond donors (Lipinski definition) is 1. The maximum Gasteiger partial charge on any atom is 0.255 e. The van der Waals surface area contributed by atoms with Crippen LogP contribution < -0.4 is 5.32 Å². The average molecular weight is 409 g/mol. The van der Waals surface area contributed by atoms with E-state index in [1.807, 2.05) is 31.2 Å². The molecule has 2 aromatic rings. The molecular weight excluding hydrogens is 379 g/mol. The summed E-state index contributed by atoms with van der Waals surface area (Å²) in [5, 5.41) is 3.25. The van der Waals surface area contributed by atoms with Crippen molar-refractivity contribution in [2.75, 3.05) is 0 Å². The lowest BCUT2D eigenvalue weighted by Gasteiger charge is -2.44. The Morgan fingerprint density at radius 2 is 1.73 bits per heavy atom. The van der Waals surface area contributed by atoms with Gasteiger partial charge in [0.2, 0.25) is 5.91 Å². The number of halogens is 1. The van der Waals surface area contributed by atoms with Crippen LogP contribution in [-0.4, -0.2) is 28.3 Å². The average Bonchev–Trinajstić information content (AvgIpc) is 3.01. The van der Waals surface area contributed by atoms with E-state index >= 15 is 0 Å². The Balaban J connectivity index is 1.65. The van der Waals surface area contributed by atoms with Gasteiger partial charge in [0.15, 0.2) is 0 Å². The van der Waals surface area contributed by atoms with E-state index < -0.39 is 5.54 Å². The lowest BCUT2D eigenvalue weighted by molar-refractivity contribution is -0.132. The molecule has 2 aliphatic rings. The molecule has 0 bridgehead atoms. The molecule has 1 aliphatic carbocycles. The Labute approximate surface area is 177 Å². The van der Waals surface area contributed by atoms with E-state index in [2.05, 4.69) is 5.32 Å². The van der Waals surface area contributed by atoms with Crippen LogP contribution in [0.2, 0.25) is 0 Å². The molecule has 1 N–H and O–H groups in total. The van der Waals surface area contributed by atoms with Gasteiger partial charge in [-0.1, -0.05) is 56.0 Å². The van der Waals surface area contributed by atoms with Crippen molar-refractivity contribution in [1.82, 2.24) is 10.2 Å². The number of fused-ring (bicyclic) bond motifs is 1. The molecular formula is C25H29FN2O2. The van der Waals surface area contributed by atoms with E-state index in [1.165, 1.54) is 25.0 Å². The summed E-state index contributed by atoms with van der Waals surface area (Å²) >= 11 is 0. The molecule has 30 heavy (non-hydrogen) atoms. The minimum Gasteiger partial charge on any atom is -0.351 e. The third-order valence-electron chi connectivity index (χ3n) is 6.56. The van der Waals surface area contributed by atoms with Gasteiger partial charge in [0.25, 0.3) is 5.91 Å². The topological polar surface area (TPSA) is 49.4 Å². The van der Waals surface area contributed by atoms with E-state index in [-0.39, 0.29) is 30.2 Å². The smallest absolute Gasteiger partial charge is 0.255 e. The monoisotopic (exact) mass is 408 g/mol. The Hall–Kier alpha value is -2.69. The second kappa shape index (κ2) is 8.58. The molecule has 1 saturated carbocycles. The van der Waals surface area contributed by atoms with E-state index in [4.69, 9.17) is 0 Å². The molecule has 0 aromatic heterocycles. The zero-order valence-corrected chi connectivity index (χ0v) is 17.5. The van der Waals surface area contributed by atoms with Gasteiger partial charge in [0.05, 0.1) is 0 Å². The summed E-state index contributed by atoms with van der Waals surface area (Å²) in [6.07, 6.45) is 7.13. The second-order valence-corrected chi connectivity index (χ2v) is 8.79. The van der Waals surface area contributed by atoms with Crippen LogP contribution in [0, 0.1) is 5.82 Å². The molecule has 0 saturated heterocycles. The summed E-state index contributed by atoms with van der Waals surface area (Å²) in [6.45, 7) is 2.12. The maximum absolute atomic E-state index is 13.5. The molecule has 0 unspecified atom stereocenters. The van der Waals surface area contributed by atoms with Crippen molar-refractivity contribution < 1.29 is 14.0 Å². The standard InChI is InChI=1S/C25H29FN2O2/c1-25(24(30)27-21-9-4-2-3-5-10-21)16-19-8-6-7-11-22(19)23(29)28(25)17-18-12-14-20(26)15-13-18/h6-8,11-15,21H,2-5,9-10,16-17H2,1H3,(H,27,30)/t25-/m1/s1. The van der Waals surface area contributed by atoms with Gasteiger partial charge in [-0.2, -0.15) is 0 Å². The Kier molecular flexibility index (Phi) is 5.89. The Bertz CT molecular complexity index is 919. The van der Waals surface area contributed by atoms with Crippen LogP contribution >= 0.6 is 0 Å². The number of amides is 2. The van der Waals surface area contributed by atoms with Crippen molar-refractivity contribution in [1.29, 1.82) is 0 Å². The number of benzene rings is 2. The SMILES string of the molecule is C[C@]1(C(=O)NC2CCCCCC2)Cc2ccccc2C(=O)N1Cc1ccc(F)cc1. The fourth-order valence-corrected chi connectivity index (χ4v) is 4.71. The third-order valence-corrected chi connectivity index (χ3v) is 6.56. The van der Waals surface area contributed by atoms with E-state index in [0.29, 0.717) is 12.0 Å². The first kappa shape index (κ1) is 20.6. The molecule has 0 radical (unpaired) electrons. The van der Waals surface area contributed by atoms with Crippen molar-refractivity contribution in [3.05, 3.63) is 71.0 Å². The molecule has 0 spiro atoms. The normalized spacial score (nSPS) is 22.3. The lowest BCUT2D eigenvalue weighted by atomic mass is 9.82. The highest BCUT2D eigenvalue weighted by Gasteiger charge is 2.47. The van der Waals surface area contributed by atoms with Gasteiger partial charge in [-0.25, -0.2) is 4.39 Å². The summed E-state index contributed by atoms with van der Waals surface area (Å²) in [6, 6.07) is 13.8. The van der Waals surface area contributed by atoms with Crippen LogP contribution in [-0.2, 0) is 17.8 Å². The van der Waals surface area contributed by atoms with Crippen LogP contribution in [0.15, 0.2) is 48.5 Å². The van der Waals surface area contributed by atoms with Crippen LogP contribution in [0.25, 0.3) is 0 Å². The van der Waals surface area contributed by atoms with Gasteiger partial charge >= 0.3 is 0 Å². The summed E-state index contributed by atoms with van der Waals surface area (Å²) in [4.78, 5) is 28.6. The zero-order chi connectivity index (χ0) is 21.1. The predicted octanol–water partition coefficient (Wildman–Crippen LogP) is 4.62. The molecule has 4 nitrogen and oxygen atoms in total. The maximum atomic E-state index is 13.5. The predicted molar refractivity (Wildman–Crippen MR) is 114 cm³/mol. The van der Waals surface area contributed by atoms with Crippen molar-refractivity contribution in [3.8, 4) is 0 Å². The second-order valence-electron chi connectivity index (χ2n) is 8.79. The molecule has 4 rings (SSSR count). The fourth-order valence-electron chi connectivity index (χ4n) is 4.71. The highest BCUT2D eigenvalue weighted by atomic mass is 19.1. The number of nitrogens with one attached hydrogen (secondary N) is 1. The molecule has 1 aliphatic heterocycles. The van der Waals surface area contributed by atoms with Gasteiger partial charge in [-0.3, -0.25) is 9.59 Å². The first-order valence-electron chi connectivity index (χ1n) is 10.9. The van der Waals surface area contributed by atoms with Crippen LogP contribution in [0.5, 0.6) is 0 Å². The van der Waals surface area contributed by atoms with E-state index in [1.54, 1.807) is 17.0 Å². The molecule has 2 aromatic carbocycles. The molecule has 2 amide bonds. The Morgan fingerprint density at radius 3 is 2.43 bits per heavy atom. The molecule has 1 fully saturated rings. The summed E-state index contributed by atoms with van der Waals surface area (Å²) in [5.41, 5.74) is 1.35. The van der Waals surface area contributed by atoms with Crippen molar-refractivity contribution in [2.45, 2.75) is 70.0 Å². The summed E-state index contributed by atoms with van der Waals surface area (Å²) in [5.74, 6) is -0.568. The minimum atomic E-state index is -0.994. The molecule has 5 heteroatoms. The Morgan fingerprint density at radius 1 is 1.07 bits per heavy atom. The quantitative estimate of drug-likeness (QED) is 0.751. The number of hydrogen-bond acceptors (Lipinski definition) is 2. The highest BCUT2D eigenvalue weighted by molar-refractivity contribution is 6.02. The van der Waals surface area contributed by atoms with E-state index in [0.717, 1.165) is 36.8 Å². The third kappa shape index (κ3) is 4.11. The highest BCUT2D eigenvalue weighted by Crippen LogP contribution is 2.33. The summed E-state index contributed by atoms with van der Waals surface area (Å²) in [7, 11) is 0. The number of rotatable bonds is 4. The van der Waals surface area contributed by atoms with E-state index in [9.17, 15) is 14.0 Å². The number of nitrogens with zero attached hydrogens (tertiary/aromatic N) is 1. The lowest BCUT2D eigenvalue weighted by Crippen LogP contribution is -2.63. The first-order chi connectivity index (χ1) is 14.5. The van der Waals surface area contributed by atoms with Crippen LogP contribution in [0.3, 0.4) is 0 Å². The fraction of sp³-hybridized carbons (Fsp3) is 0.440.